The zero-order valence-corrected chi connectivity index (χ0v) is 14.4. The van der Waals surface area contributed by atoms with Crippen molar-refractivity contribution in [3.8, 4) is 5.75 Å². The number of carbonyl (C=O) groups is 1. The van der Waals surface area contributed by atoms with Gasteiger partial charge in [0.15, 0.2) is 6.20 Å². The lowest BCUT2D eigenvalue weighted by molar-refractivity contribution is -0.389. The summed E-state index contributed by atoms with van der Waals surface area (Å²) in [5.41, 5.74) is 2.04. The Balaban J connectivity index is 2.24. The molecule has 0 saturated carbocycles. The lowest BCUT2D eigenvalue weighted by atomic mass is 10.1. The summed E-state index contributed by atoms with van der Waals surface area (Å²) >= 11 is 1.17. The lowest BCUT2D eigenvalue weighted by Gasteiger charge is -2.07. The summed E-state index contributed by atoms with van der Waals surface area (Å²) in [6.45, 7) is 1.42. The first-order valence-corrected chi connectivity index (χ1v) is 9.25. The zero-order valence-electron chi connectivity index (χ0n) is 12.6. The van der Waals surface area contributed by atoms with Gasteiger partial charge in [0, 0.05) is 18.4 Å². The molecule has 9 nitrogen and oxygen atoms in total. The normalized spacial score (nSPS) is 16.5. The summed E-state index contributed by atoms with van der Waals surface area (Å²) < 4.78 is 15.3. The summed E-state index contributed by atoms with van der Waals surface area (Å²) in [7, 11) is -4.63. The highest BCUT2D eigenvalue weighted by Crippen LogP contribution is 2.38. The molecule has 6 N–H and O–H groups in total. The molecule has 2 rings (SSSR count). The summed E-state index contributed by atoms with van der Waals surface area (Å²) in [5, 5.41) is 17.0. The molecule has 130 valence electrons. The summed E-state index contributed by atoms with van der Waals surface area (Å²) in [6.07, 6.45) is 2.99. The predicted molar refractivity (Wildman–Crippen MR) is 86.9 cm³/mol. The highest BCUT2D eigenvalue weighted by Gasteiger charge is 2.24. The van der Waals surface area contributed by atoms with Gasteiger partial charge in [0.05, 0.1) is 29.2 Å². The molecule has 24 heavy (non-hydrogen) atoms. The van der Waals surface area contributed by atoms with Crippen LogP contribution in [0.25, 0.3) is 0 Å². The molecular formula is C13H17N2O7PS+2. The van der Waals surface area contributed by atoms with Gasteiger partial charge in [0.2, 0.25) is 0 Å². The van der Waals surface area contributed by atoms with Crippen LogP contribution in [-0.2, 0) is 27.0 Å². The van der Waals surface area contributed by atoms with Crippen molar-refractivity contribution in [1.29, 1.82) is 0 Å². The average Bonchev–Trinajstić information content (AvgIpc) is 2.95. The average molecular weight is 376 g/mol. The first kappa shape index (κ1) is 18.6. The fourth-order valence-electron chi connectivity index (χ4n) is 1.99. The van der Waals surface area contributed by atoms with Gasteiger partial charge in [-0.25, -0.2) is 14.3 Å². The van der Waals surface area contributed by atoms with E-state index in [2.05, 4.69) is 14.5 Å². The highest BCUT2D eigenvalue weighted by atomic mass is 32.2. The molecular weight excluding hydrogens is 359 g/mol. The van der Waals surface area contributed by atoms with Gasteiger partial charge in [-0.15, -0.1) is 11.8 Å². The van der Waals surface area contributed by atoms with E-state index >= 15 is 0 Å². The van der Waals surface area contributed by atoms with Crippen molar-refractivity contribution >= 4 is 31.3 Å². The Bertz CT molecular complexity index is 772. The van der Waals surface area contributed by atoms with Gasteiger partial charge in [-0.3, -0.25) is 9.52 Å². The van der Waals surface area contributed by atoms with Crippen molar-refractivity contribution in [3.05, 3.63) is 34.0 Å². The Labute approximate surface area is 141 Å². The number of rotatable bonds is 6. The number of carboxylic acid groups (broad SMARTS) is 1. The van der Waals surface area contributed by atoms with E-state index in [0.717, 1.165) is 0 Å². The number of nitrogens with one attached hydrogen (secondary N) is 1. The lowest BCUT2D eigenvalue weighted by Crippen LogP contribution is -2.12. The van der Waals surface area contributed by atoms with Gasteiger partial charge < -0.3 is 20.0 Å². The summed E-state index contributed by atoms with van der Waals surface area (Å²) in [6, 6.07) is 0. The number of hydrogen-bond donors (Lipinski definition) is 3. The molecule has 0 aliphatic carbocycles. The quantitative estimate of drug-likeness (QED) is 0.483. The van der Waals surface area contributed by atoms with Gasteiger partial charge in [0.25, 0.3) is 5.69 Å². The fourth-order valence-corrected chi connectivity index (χ4v) is 3.11. The Morgan fingerprint density at radius 3 is 2.83 bits per heavy atom. The molecule has 1 aliphatic heterocycles. The smallest absolute Gasteiger partial charge is 0.469 e. The van der Waals surface area contributed by atoms with E-state index in [-0.39, 0.29) is 23.8 Å². The number of carboxylic acids is 1. The van der Waals surface area contributed by atoms with Crippen LogP contribution >= 0.6 is 19.6 Å². The van der Waals surface area contributed by atoms with Gasteiger partial charge in [0.1, 0.15) is 0 Å². The van der Waals surface area contributed by atoms with Crippen molar-refractivity contribution in [2.45, 2.75) is 20.1 Å². The van der Waals surface area contributed by atoms with E-state index in [0.29, 0.717) is 28.3 Å². The Hall–Kier alpha value is -1.71. The van der Waals surface area contributed by atoms with Crippen LogP contribution in [-0.4, -0.2) is 37.4 Å². The number of aliphatic imine (C=N–C) groups is 1. The maximum absolute atomic E-state index is 10.9. The zero-order chi connectivity index (χ0) is 17.9. The Morgan fingerprint density at radius 1 is 1.54 bits per heavy atom. The first-order chi connectivity index (χ1) is 11.2. The number of hydrogen-bond acceptors (Lipinski definition) is 5. The topological polar surface area (TPSA) is 153 Å². The van der Waals surface area contributed by atoms with Gasteiger partial charge in [-0.1, -0.05) is 0 Å². The molecule has 11 heteroatoms. The molecule has 1 aliphatic rings. The minimum absolute atomic E-state index is 0.0908. The molecule has 1 aromatic rings. The third-order valence-corrected chi connectivity index (χ3v) is 4.75. The molecule has 0 bridgehead atoms. The van der Waals surface area contributed by atoms with Gasteiger partial charge in [-0.05, 0) is 6.08 Å². The second kappa shape index (κ2) is 7.45. The van der Waals surface area contributed by atoms with Crippen molar-refractivity contribution in [2.75, 3.05) is 5.75 Å². The minimum atomic E-state index is -4.63. The van der Waals surface area contributed by atoms with Crippen LogP contribution in [0.2, 0.25) is 0 Å². The van der Waals surface area contributed by atoms with Crippen LogP contribution < -0.4 is 4.98 Å². The van der Waals surface area contributed by atoms with Crippen molar-refractivity contribution in [2.24, 2.45) is 4.99 Å². The number of nitrogens with zero attached hydrogens (tertiary/aromatic N) is 1. The SMILES string of the molecule is Cc1[nH+]cc(COP(=O)(O)O)c(CN=C2C=C(C(=O)O)SC2)c1[OH2+]. The van der Waals surface area contributed by atoms with Crippen LogP contribution in [0, 0.1) is 6.92 Å². The largest absolute Gasteiger partial charge is 0.589 e. The maximum atomic E-state index is 10.9. The predicted octanol–water partition coefficient (Wildman–Crippen LogP) is 0.513. The van der Waals surface area contributed by atoms with E-state index in [1.54, 1.807) is 6.92 Å². The second-order valence-corrected chi connectivity index (χ2v) is 7.22. The molecule has 2 heterocycles. The third kappa shape index (κ3) is 4.89. The maximum Gasteiger partial charge on any atom is 0.469 e. The number of phosphoric ester groups is 1. The monoisotopic (exact) mass is 376 g/mol. The van der Waals surface area contributed by atoms with Gasteiger partial charge >= 0.3 is 19.5 Å². The van der Waals surface area contributed by atoms with Crippen molar-refractivity contribution < 1.29 is 38.9 Å². The number of allylic oxidation sites excluding steroid dienone is 1. The number of phosphoric acid groups is 1. The van der Waals surface area contributed by atoms with Crippen LogP contribution in [0.1, 0.15) is 16.8 Å². The van der Waals surface area contributed by atoms with E-state index in [4.69, 9.17) is 20.0 Å². The van der Waals surface area contributed by atoms with Crippen molar-refractivity contribution in [3.63, 3.8) is 0 Å². The minimum Gasteiger partial charge on any atom is -0.589 e. The molecule has 0 saturated heterocycles. The Morgan fingerprint density at radius 2 is 2.25 bits per heavy atom. The fraction of sp³-hybridized carbons (Fsp3) is 0.308. The standard InChI is InChI=1S/C13H15N2O7PS/c1-7-12(16)10(8(3-14-7)5-22-23(19,20)21)4-15-9-2-11(13(17)18)24-6-9/h2-3,16H,4-6H2,1H3,(H,17,18)(H2,19,20,21)/p+2. The van der Waals surface area contributed by atoms with E-state index < -0.39 is 13.8 Å². The summed E-state index contributed by atoms with van der Waals surface area (Å²) in [4.78, 5) is 35.9. The second-order valence-electron chi connectivity index (χ2n) is 4.97. The molecule has 0 spiro atoms. The molecule has 0 fully saturated rings. The van der Waals surface area contributed by atoms with Crippen molar-refractivity contribution in [1.82, 2.24) is 0 Å². The number of aryl methyl sites for hydroxylation is 1. The van der Waals surface area contributed by atoms with Crippen LogP contribution in [0.4, 0.5) is 0 Å². The number of pyridine rings is 1. The number of aromatic nitrogens is 1. The van der Waals surface area contributed by atoms with Crippen LogP contribution in [0.5, 0.6) is 5.75 Å². The van der Waals surface area contributed by atoms with Crippen LogP contribution in [0.15, 0.2) is 22.2 Å². The number of aromatic amines is 1. The number of thioether (sulfide) groups is 1. The molecule has 1 aromatic heterocycles. The summed E-state index contributed by atoms with van der Waals surface area (Å²) in [5.74, 6) is -0.409. The van der Waals surface area contributed by atoms with Gasteiger partial charge in [-0.2, -0.15) is 0 Å². The number of H-pyrrole nitrogens is 1. The first-order valence-electron chi connectivity index (χ1n) is 6.73. The molecule has 0 unspecified atom stereocenters. The molecule has 0 radical (unpaired) electrons. The molecule has 0 amide bonds. The van der Waals surface area contributed by atoms with E-state index in [1.165, 1.54) is 24.0 Å². The van der Waals surface area contributed by atoms with E-state index in [1.807, 2.05) is 0 Å². The highest BCUT2D eigenvalue weighted by molar-refractivity contribution is 8.05. The number of aliphatic carboxylic acids is 1. The Kier molecular flexibility index (Phi) is 5.79. The molecule has 0 atom stereocenters. The third-order valence-electron chi connectivity index (χ3n) is 3.24. The van der Waals surface area contributed by atoms with E-state index in [9.17, 15) is 9.36 Å². The molecule has 0 aromatic carbocycles. The van der Waals surface area contributed by atoms with Crippen LogP contribution in [0.3, 0.4) is 0 Å².